The first-order chi connectivity index (χ1) is 32.3. The van der Waals surface area contributed by atoms with Crippen molar-refractivity contribution in [3.63, 3.8) is 0 Å². The molecule has 0 atom stereocenters. The second-order valence-electron chi connectivity index (χ2n) is 23.5. The number of fused-ring (bicyclic) bond motifs is 11. The minimum atomic E-state index is -0.0110. The smallest absolute Gasteiger partial charge is 0.277 e. The predicted molar refractivity (Wildman–Crippen MR) is 300 cm³/mol. The molecule has 0 N–H and O–H groups in total. The summed E-state index contributed by atoms with van der Waals surface area (Å²) in [6.07, 6.45) is 0. The highest BCUT2D eigenvalue weighted by molar-refractivity contribution is 7.40. The first-order valence-electron chi connectivity index (χ1n) is 24.4. The Bertz CT molecular complexity index is 3430. The lowest BCUT2D eigenvalue weighted by Gasteiger charge is -2.42. The SMILES string of the molecule is CC(C)(C)c1ccc(N2c3cc(-n4c5ccccc5c5ccccc54)cc4c3B(c3sc5ccc(C(C)(C)C)cc5c32)c2sc3ccc(C(C)(C)C)cc3c2N4c2ccc(C(C)(C)C)cc2)cc1. The molecule has 3 aromatic heterocycles. The van der Waals surface area contributed by atoms with E-state index in [0.717, 1.165) is 5.69 Å². The fourth-order valence-corrected chi connectivity index (χ4v) is 13.6. The van der Waals surface area contributed by atoms with Gasteiger partial charge in [-0.05, 0) is 122 Å². The molecule has 10 aromatic rings. The molecule has 338 valence electrons. The molecule has 0 radical (unpaired) electrons. The van der Waals surface area contributed by atoms with Crippen molar-refractivity contribution >= 4 is 121 Å². The lowest BCUT2D eigenvalue weighted by Crippen LogP contribution is -2.59. The maximum atomic E-state index is 2.65. The number of hydrogen-bond donors (Lipinski definition) is 0. The third kappa shape index (κ3) is 6.57. The molecule has 12 rings (SSSR count). The monoisotopic (exact) mass is 921 g/mol. The van der Waals surface area contributed by atoms with E-state index in [1.54, 1.807) is 0 Å². The van der Waals surface area contributed by atoms with Gasteiger partial charge in [-0.1, -0.05) is 156 Å². The van der Waals surface area contributed by atoms with Crippen molar-refractivity contribution in [1.82, 2.24) is 4.57 Å². The average Bonchev–Trinajstić information content (AvgIpc) is 3.97. The Balaban J connectivity index is 1.26. The van der Waals surface area contributed by atoms with Crippen molar-refractivity contribution in [1.29, 1.82) is 0 Å². The average molecular weight is 922 g/mol. The molecule has 0 spiro atoms. The largest absolute Gasteiger partial charge is 0.310 e. The number of rotatable bonds is 3. The van der Waals surface area contributed by atoms with E-state index < -0.39 is 0 Å². The fourth-order valence-electron chi connectivity index (χ4n) is 11.0. The second kappa shape index (κ2) is 14.7. The number of thiophene rings is 2. The first-order valence-corrected chi connectivity index (χ1v) is 26.0. The Hall–Kier alpha value is -6.08. The third-order valence-electron chi connectivity index (χ3n) is 14.8. The topological polar surface area (TPSA) is 11.4 Å². The van der Waals surface area contributed by atoms with Gasteiger partial charge in [0.2, 0.25) is 0 Å². The van der Waals surface area contributed by atoms with Crippen molar-refractivity contribution < 1.29 is 0 Å². The highest BCUT2D eigenvalue weighted by atomic mass is 32.1. The molecule has 5 heterocycles. The molecule has 3 nitrogen and oxygen atoms in total. The quantitative estimate of drug-likeness (QED) is 0.164. The Morgan fingerprint density at radius 1 is 0.368 bits per heavy atom. The molecule has 0 aliphatic carbocycles. The molecule has 0 bridgehead atoms. The van der Waals surface area contributed by atoms with Gasteiger partial charge in [-0.2, -0.15) is 0 Å². The van der Waals surface area contributed by atoms with Crippen LogP contribution in [-0.4, -0.2) is 11.3 Å². The van der Waals surface area contributed by atoms with Gasteiger partial charge in [0, 0.05) is 63.2 Å². The van der Waals surface area contributed by atoms with Gasteiger partial charge in [-0.15, -0.1) is 22.7 Å². The molecule has 0 saturated carbocycles. The second-order valence-corrected chi connectivity index (χ2v) is 25.7. The lowest BCUT2D eigenvalue weighted by molar-refractivity contribution is 0.590. The number of aromatic nitrogens is 1. The zero-order chi connectivity index (χ0) is 47.4. The van der Waals surface area contributed by atoms with E-state index in [0.29, 0.717) is 0 Å². The lowest BCUT2D eigenvalue weighted by atomic mass is 9.39. The van der Waals surface area contributed by atoms with Crippen LogP contribution in [0.3, 0.4) is 0 Å². The zero-order valence-electron chi connectivity index (χ0n) is 41.6. The zero-order valence-corrected chi connectivity index (χ0v) is 43.2. The van der Waals surface area contributed by atoms with E-state index in [-0.39, 0.29) is 28.4 Å². The number of nitrogens with zero attached hydrogens (tertiary/aromatic N) is 3. The van der Waals surface area contributed by atoms with Crippen molar-refractivity contribution in [2.24, 2.45) is 0 Å². The summed E-state index contributed by atoms with van der Waals surface area (Å²) in [7, 11) is 0. The van der Waals surface area contributed by atoms with Gasteiger partial charge in [-0.3, -0.25) is 0 Å². The molecular formula is C62H60BN3S2. The normalized spacial score (nSPS) is 14.1. The molecule has 7 aromatic carbocycles. The van der Waals surface area contributed by atoms with E-state index >= 15 is 0 Å². The maximum Gasteiger partial charge on any atom is 0.277 e. The van der Waals surface area contributed by atoms with Gasteiger partial charge in [0.15, 0.2) is 0 Å². The van der Waals surface area contributed by atoms with Crippen LogP contribution in [0.15, 0.2) is 146 Å². The number of anilines is 6. The molecule has 0 amide bonds. The third-order valence-corrected chi connectivity index (χ3v) is 17.2. The summed E-state index contributed by atoms with van der Waals surface area (Å²) in [5.41, 5.74) is 17.8. The van der Waals surface area contributed by atoms with E-state index in [1.807, 2.05) is 22.7 Å². The van der Waals surface area contributed by atoms with Crippen molar-refractivity contribution in [2.75, 3.05) is 9.80 Å². The minimum Gasteiger partial charge on any atom is -0.310 e. The summed E-state index contributed by atoms with van der Waals surface area (Å²) >= 11 is 3.99. The summed E-state index contributed by atoms with van der Waals surface area (Å²) in [6.45, 7) is 28.0. The molecule has 2 aliphatic heterocycles. The molecule has 68 heavy (non-hydrogen) atoms. The fraction of sp³-hybridized carbons (Fsp3) is 0.258. The van der Waals surface area contributed by atoms with Crippen LogP contribution in [0, 0.1) is 0 Å². The van der Waals surface area contributed by atoms with Gasteiger partial charge in [0.1, 0.15) is 0 Å². The maximum absolute atomic E-state index is 2.65. The van der Waals surface area contributed by atoms with Crippen LogP contribution in [0.1, 0.15) is 105 Å². The van der Waals surface area contributed by atoms with Crippen LogP contribution in [0.2, 0.25) is 0 Å². The van der Waals surface area contributed by atoms with Gasteiger partial charge in [-0.25, -0.2) is 0 Å². The standard InChI is InChI=1S/C62H60BN3S2/c1-59(2,3)37-21-27-41(28-22-37)65-50-35-43(64-48-19-15-13-17-44(48)45-18-14-16-20-49(45)64)36-51-54(50)63(57-55(65)46-33-39(61(7,8)9)25-31-52(46)67-57)58-56(47-34-40(62(10,11)12)26-32-53(47)68-58)66(51)42-29-23-38(24-30-42)60(4,5)6/h13-36H,1-12H3. The van der Waals surface area contributed by atoms with E-state index in [1.165, 1.54) is 113 Å². The van der Waals surface area contributed by atoms with Gasteiger partial charge >= 0.3 is 0 Å². The number of benzene rings is 7. The van der Waals surface area contributed by atoms with Crippen molar-refractivity contribution in [2.45, 2.75) is 105 Å². The Morgan fingerprint density at radius 3 is 1.12 bits per heavy atom. The van der Waals surface area contributed by atoms with Crippen LogP contribution in [0.25, 0.3) is 47.7 Å². The highest BCUT2D eigenvalue weighted by Gasteiger charge is 2.47. The summed E-state index contributed by atoms with van der Waals surface area (Å²) in [4.78, 5) is 5.30. The first kappa shape index (κ1) is 43.2. The van der Waals surface area contributed by atoms with Crippen LogP contribution in [0.4, 0.5) is 34.1 Å². The summed E-state index contributed by atoms with van der Waals surface area (Å²) < 4.78 is 8.01. The van der Waals surface area contributed by atoms with Crippen molar-refractivity contribution in [3.8, 4) is 5.69 Å². The highest BCUT2D eigenvalue weighted by Crippen LogP contribution is 2.52. The number of hydrogen-bond acceptors (Lipinski definition) is 4. The Morgan fingerprint density at radius 2 is 0.735 bits per heavy atom. The van der Waals surface area contributed by atoms with Gasteiger partial charge in [0.05, 0.1) is 28.1 Å². The van der Waals surface area contributed by atoms with Crippen LogP contribution in [-0.2, 0) is 21.7 Å². The Labute approximate surface area is 410 Å². The molecule has 0 unspecified atom stereocenters. The minimum absolute atomic E-state index is 0.0110. The molecular weight excluding hydrogens is 862 g/mol. The van der Waals surface area contributed by atoms with E-state index in [2.05, 4.69) is 243 Å². The van der Waals surface area contributed by atoms with Crippen LogP contribution in [0.5, 0.6) is 0 Å². The molecule has 0 saturated heterocycles. The van der Waals surface area contributed by atoms with E-state index in [4.69, 9.17) is 0 Å². The Kier molecular flexibility index (Phi) is 9.35. The van der Waals surface area contributed by atoms with Crippen LogP contribution < -0.4 is 24.8 Å². The number of para-hydroxylation sites is 2. The van der Waals surface area contributed by atoms with Gasteiger partial charge < -0.3 is 14.4 Å². The summed E-state index contributed by atoms with van der Waals surface area (Å²) in [5, 5.41) is 5.17. The van der Waals surface area contributed by atoms with Gasteiger partial charge in [0.25, 0.3) is 6.71 Å². The van der Waals surface area contributed by atoms with Crippen molar-refractivity contribution in [3.05, 3.63) is 168 Å². The molecule has 6 heteroatoms. The predicted octanol–water partition coefficient (Wildman–Crippen LogP) is 16.5. The summed E-state index contributed by atoms with van der Waals surface area (Å²) in [5.74, 6) is 0. The van der Waals surface area contributed by atoms with Crippen LogP contribution >= 0.6 is 22.7 Å². The van der Waals surface area contributed by atoms with E-state index in [9.17, 15) is 0 Å². The molecule has 2 aliphatic rings. The summed E-state index contributed by atoms with van der Waals surface area (Å²) in [6, 6.07) is 56.5. The molecule has 0 fully saturated rings.